The largest absolute Gasteiger partial charge is 0.497 e. The lowest BCUT2D eigenvalue weighted by Gasteiger charge is -2.17. The number of carbonyl (C=O) groups is 1. The van der Waals surface area contributed by atoms with E-state index in [9.17, 15) is 23.2 Å². The summed E-state index contributed by atoms with van der Waals surface area (Å²) in [6, 6.07) is 13.5. The fourth-order valence-electron chi connectivity index (χ4n) is 3.22. The molecule has 9 heteroatoms. The van der Waals surface area contributed by atoms with Crippen LogP contribution in [0.4, 0.5) is 18.9 Å². The van der Waals surface area contributed by atoms with Crippen LogP contribution in [0.2, 0.25) is 0 Å². The molecule has 0 aliphatic carbocycles. The predicted octanol–water partition coefficient (Wildman–Crippen LogP) is 3.57. The summed E-state index contributed by atoms with van der Waals surface area (Å²) in [5, 5.41) is 11.6. The van der Waals surface area contributed by atoms with E-state index in [-0.39, 0.29) is 17.5 Å². The van der Waals surface area contributed by atoms with Crippen molar-refractivity contribution in [1.82, 2.24) is 10.9 Å². The standard InChI is InChI=1S/C21H19F3N4O2/c1-30-16-8-6-13(7-9-16)19-15(12-26-28-19)10-14(11-25)20(29)27-18-5-3-2-4-17(18)21(22,23)24/h2-10,15,19,26,28H,12H2,1H3,(H,27,29)/b14-10-. The van der Waals surface area contributed by atoms with Crippen LogP contribution in [0.25, 0.3) is 0 Å². The Morgan fingerprint density at radius 3 is 2.57 bits per heavy atom. The average molecular weight is 416 g/mol. The van der Waals surface area contributed by atoms with E-state index in [0.717, 1.165) is 17.7 Å². The van der Waals surface area contributed by atoms with E-state index in [1.165, 1.54) is 18.2 Å². The third-order valence-corrected chi connectivity index (χ3v) is 4.72. The van der Waals surface area contributed by atoms with Crippen molar-refractivity contribution in [2.24, 2.45) is 5.92 Å². The van der Waals surface area contributed by atoms with Crippen LogP contribution in [0.15, 0.2) is 60.2 Å². The van der Waals surface area contributed by atoms with E-state index in [2.05, 4.69) is 16.2 Å². The summed E-state index contributed by atoms with van der Waals surface area (Å²) in [6.07, 6.45) is -3.16. The average Bonchev–Trinajstić information content (AvgIpc) is 3.19. The number of para-hydroxylation sites is 1. The number of ether oxygens (including phenoxy) is 1. The molecule has 6 nitrogen and oxygen atoms in total. The van der Waals surface area contributed by atoms with Gasteiger partial charge in [0.15, 0.2) is 0 Å². The fourth-order valence-corrected chi connectivity index (χ4v) is 3.22. The molecular formula is C21H19F3N4O2. The first-order valence-electron chi connectivity index (χ1n) is 9.05. The van der Waals surface area contributed by atoms with E-state index >= 15 is 0 Å². The van der Waals surface area contributed by atoms with Crippen molar-refractivity contribution in [2.75, 3.05) is 19.0 Å². The zero-order valence-electron chi connectivity index (χ0n) is 16.0. The molecule has 0 spiro atoms. The number of nitrogens with one attached hydrogen (secondary N) is 3. The molecule has 1 aliphatic rings. The van der Waals surface area contributed by atoms with Gasteiger partial charge in [-0.2, -0.15) is 18.4 Å². The van der Waals surface area contributed by atoms with E-state index in [1.54, 1.807) is 25.3 Å². The lowest BCUT2D eigenvalue weighted by Crippen LogP contribution is -2.25. The van der Waals surface area contributed by atoms with Gasteiger partial charge in [-0.1, -0.05) is 30.3 Å². The maximum atomic E-state index is 13.1. The number of nitriles is 1. The molecule has 0 radical (unpaired) electrons. The second kappa shape index (κ2) is 8.98. The minimum absolute atomic E-state index is 0.227. The Kier molecular flexibility index (Phi) is 6.40. The number of rotatable bonds is 5. The molecule has 1 fully saturated rings. The van der Waals surface area contributed by atoms with Crippen molar-refractivity contribution in [3.05, 3.63) is 71.3 Å². The van der Waals surface area contributed by atoms with Crippen molar-refractivity contribution in [2.45, 2.75) is 12.2 Å². The molecule has 0 aromatic heterocycles. The summed E-state index contributed by atoms with van der Waals surface area (Å²) in [6.45, 7) is 0.439. The highest BCUT2D eigenvalue weighted by Crippen LogP contribution is 2.35. The van der Waals surface area contributed by atoms with E-state index in [0.29, 0.717) is 12.3 Å². The number of carbonyl (C=O) groups excluding carboxylic acids is 1. The molecule has 0 bridgehead atoms. The summed E-state index contributed by atoms with van der Waals surface area (Å²) in [5.74, 6) is -0.469. The number of benzene rings is 2. The second-order valence-electron chi connectivity index (χ2n) is 6.63. The zero-order chi connectivity index (χ0) is 21.7. The first kappa shape index (κ1) is 21.4. The Hall–Kier alpha value is -3.35. The summed E-state index contributed by atoms with van der Waals surface area (Å²) in [5.41, 5.74) is 5.33. The summed E-state index contributed by atoms with van der Waals surface area (Å²) < 4.78 is 44.6. The van der Waals surface area contributed by atoms with E-state index in [4.69, 9.17) is 4.74 Å². The van der Waals surface area contributed by atoms with Crippen LogP contribution in [0.3, 0.4) is 0 Å². The highest BCUT2D eigenvalue weighted by atomic mass is 19.4. The Labute approximate surface area is 171 Å². The zero-order valence-corrected chi connectivity index (χ0v) is 16.0. The van der Waals surface area contributed by atoms with Crippen LogP contribution < -0.4 is 20.9 Å². The SMILES string of the molecule is COc1ccc(C2NNCC2/C=C(/C#N)C(=O)Nc2ccccc2C(F)(F)F)cc1. The van der Waals surface area contributed by atoms with Crippen LogP contribution in [-0.4, -0.2) is 19.6 Å². The molecule has 1 amide bonds. The molecule has 156 valence electrons. The molecule has 1 heterocycles. The van der Waals surface area contributed by atoms with Crippen LogP contribution in [0, 0.1) is 17.2 Å². The predicted molar refractivity (Wildman–Crippen MR) is 104 cm³/mol. The molecular weight excluding hydrogens is 397 g/mol. The van der Waals surface area contributed by atoms with Crippen molar-refractivity contribution >= 4 is 11.6 Å². The topological polar surface area (TPSA) is 86.2 Å². The van der Waals surface area contributed by atoms with Crippen LogP contribution in [0.1, 0.15) is 17.2 Å². The molecule has 0 saturated carbocycles. The van der Waals surface area contributed by atoms with Gasteiger partial charge in [-0.3, -0.25) is 10.2 Å². The molecule has 2 atom stereocenters. The van der Waals surface area contributed by atoms with E-state index in [1.807, 2.05) is 12.1 Å². The monoisotopic (exact) mass is 416 g/mol. The van der Waals surface area contributed by atoms with Crippen LogP contribution in [-0.2, 0) is 11.0 Å². The third kappa shape index (κ3) is 4.79. The molecule has 2 aromatic carbocycles. The number of hydrogen-bond donors (Lipinski definition) is 3. The molecule has 30 heavy (non-hydrogen) atoms. The Balaban J connectivity index is 1.81. The Morgan fingerprint density at radius 2 is 1.93 bits per heavy atom. The van der Waals surface area contributed by atoms with Gasteiger partial charge in [0.05, 0.1) is 24.4 Å². The smallest absolute Gasteiger partial charge is 0.418 e. The number of alkyl halides is 3. The van der Waals surface area contributed by atoms with Gasteiger partial charge in [-0.25, -0.2) is 5.43 Å². The number of methoxy groups -OCH3 is 1. The molecule has 2 unspecified atom stereocenters. The molecule has 1 saturated heterocycles. The van der Waals surface area contributed by atoms with Gasteiger partial charge in [0.2, 0.25) is 0 Å². The highest BCUT2D eigenvalue weighted by molar-refractivity contribution is 6.07. The second-order valence-corrected chi connectivity index (χ2v) is 6.63. The fraction of sp³-hybridized carbons (Fsp3) is 0.238. The lowest BCUT2D eigenvalue weighted by atomic mass is 9.93. The van der Waals surface area contributed by atoms with Gasteiger partial charge in [0, 0.05) is 12.5 Å². The van der Waals surface area contributed by atoms with Crippen molar-refractivity contribution in [3.63, 3.8) is 0 Å². The van der Waals surface area contributed by atoms with Crippen molar-refractivity contribution in [1.29, 1.82) is 5.26 Å². The number of halogens is 3. The number of nitrogens with zero attached hydrogens (tertiary/aromatic N) is 1. The number of hydrogen-bond acceptors (Lipinski definition) is 5. The van der Waals surface area contributed by atoms with Gasteiger partial charge >= 0.3 is 6.18 Å². The normalized spacial score (nSPS) is 19.2. The molecule has 1 aliphatic heterocycles. The minimum Gasteiger partial charge on any atom is -0.497 e. The number of hydrazine groups is 1. The minimum atomic E-state index is -4.63. The van der Waals surface area contributed by atoms with Gasteiger partial charge in [-0.05, 0) is 29.8 Å². The van der Waals surface area contributed by atoms with Gasteiger partial charge in [-0.15, -0.1) is 0 Å². The van der Waals surface area contributed by atoms with Crippen molar-refractivity contribution < 1.29 is 22.7 Å². The molecule has 3 N–H and O–H groups in total. The van der Waals surface area contributed by atoms with Gasteiger partial charge in [0.1, 0.15) is 17.4 Å². The molecule has 2 aromatic rings. The van der Waals surface area contributed by atoms with E-state index < -0.39 is 23.3 Å². The number of amides is 1. The number of anilines is 1. The Bertz CT molecular complexity index is 981. The third-order valence-electron chi connectivity index (χ3n) is 4.72. The maximum absolute atomic E-state index is 13.1. The van der Waals surface area contributed by atoms with Crippen LogP contribution >= 0.6 is 0 Å². The summed E-state index contributed by atoms with van der Waals surface area (Å²) >= 11 is 0. The van der Waals surface area contributed by atoms with Gasteiger partial charge in [0.25, 0.3) is 5.91 Å². The quantitative estimate of drug-likeness (QED) is 0.513. The molecule has 3 rings (SSSR count). The first-order valence-corrected chi connectivity index (χ1v) is 9.05. The van der Waals surface area contributed by atoms with Gasteiger partial charge < -0.3 is 10.1 Å². The highest BCUT2D eigenvalue weighted by Gasteiger charge is 2.34. The summed E-state index contributed by atoms with van der Waals surface area (Å²) in [4.78, 5) is 12.5. The summed E-state index contributed by atoms with van der Waals surface area (Å²) in [7, 11) is 1.56. The lowest BCUT2D eigenvalue weighted by molar-refractivity contribution is -0.137. The van der Waals surface area contributed by atoms with Crippen molar-refractivity contribution in [3.8, 4) is 11.8 Å². The Morgan fingerprint density at radius 1 is 1.23 bits per heavy atom. The maximum Gasteiger partial charge on any atom is 0.418 e. The first-order chi connectivity index (χ1) is 14.3. The van der Waals surface area contributed by atoms with Crippen LogP contribution in [0.5, 0.6) is 5.75 Å².